The van der Waals surface area contributed by atoms with Crippen molar-refractivity contribution in [2.45, 2.75) is 445 Å². The Bertz CT molecular complexity index is 1920. The molecule has 0 aliphatic rings. The molecule has 0 rings (SSSR count). The van der Waals surface area contributed by atoms with Crippen molar-refractivity contribution in [1.82, 2.24) is 0 Å². The number of unbranched alkanes of at least 4 members (excludes halogenated alkanes) is 50. The highest BCUT2D eigenvalue weighted by Gasteiger charge is 2.30. The van der Waals surface area contributed by atoms with Gasteiger partial charge in [0.2, 0.25) is 0 Å². The second-order valence-electron chi connectivity index (χ2n) is 30.1. The molecule has 0 aromatic carbocycles. The van der Waals surface area contributed by atoms with E-state index in [0.29, 0.717) is 25.7 Å². The Morgan fingerprint density at radius 2 is 0.460 bits per heavy atom. The zero-order valence-corrected chi connectivity index (χ0v) is 67.3. The molecule has 0 spiro atoms. The van der Waals surface area contributed by atoms with Gasteiger partial charge in [0.1, 0.15) is 19.3 Å². The third-order valence-electron chi connectivity index (χ3n) is 19.0. The van der Waals surface area contributed by atoms with E-state index in [-0.39, 0.29) is 25.7 Å². The molecular weight excluding hydrogens is 1310 g/mol. The molecular formula is C81H158O17P2. The normalized spacial score (nSPS) is 13.9. The Hall–Kier alpha value is -1.94. The summed E-state index contributed by atoms with van der Waals surface area (Å²) in [7, 11) is -9.92. The van der Waals surface area contributed by atoms with Crippen LogP contribution in [-0.4, -0.2) is 96.7 Å². The van der Waals surface area contributed by atoms with E-state index in [1.165, 1.54) is 244 Å². The van der Waals surface area contributed by atoms with Crippen LogP contribution < -0.4 is 0 Å². The molecule has 0 fully saturated rings. The maximum Gasteiger partial charge on any atom is 0.472 e. The second-order valence-corrected chi connectivity index (χ2v) is 33.0. The summed E-state index contributed by atoms with van der Waals surface area (Å²) in [5.74, 6) is -0.648. The molecule has 0 heterocycles. The molecule has 0 saturated heterocycles. The van der Waals surface area contributed by atoms with Crippen molar-refractivity contribution >= 4 is 39.5 Å². The van der Waals surface area contributed by atoms with Gasteiger partial charge in [-0.15, -0.1) is 0 Å². The van der Waals surface area contributed by atoms with E-state index < -0.39 is 97.5 Å². The smallest absolute Gasteiger partial charge is 0.462 e. The van der Waals surface area contributed by atoms with Crippen molar-refractivity contribution in [3.63, 3.8) is 0 Å². The van der Waals surface area contributed by atoms with Crippen LogP contribution in [0.3, 0.4) is 0 Å². The molecule has 3 N–H and O–H groups in total. The summed E-state index contributed by atoms with van der Waals surface area (Å²) in [6.45, 7) is 9.57. The highest BCUT2D eigenvalue weighted by Crippen LogP contribution is 2.45. The fraction of sp³-hybridized carbons (Fsp3) is 0.951. The largest absolute Gasteiger partial charge is 0.472 e. The summed E-state index contributed by atoms with van der Waals surface area (Å²) in [6, 6.07) is 0. The van der Waals surface area contributed by atoms with Crippen LogP contribution >= 0.6 is 15.6 Å². The topological polar surface area (TPSA) is 237 Å². The lowest BCUT2D eigenvalue weighted by Gasteiger charge is -2.21. The Morgan fingerprint density at radius 3 is 0.680 bits per heavy atom. The van der Waals surface area contributed by atoms with Crippen LogP contribution in [0.15, 0.2) is 0 Å². The number of hydrogen-bond acceptors (Lipinski definition) is 15. The van der Waals surface area contributed by atoms with Gasteiger partial charge in [0.05, 0.1) is 26.4 Å². The molecule has 0 radical (unpaired) electrons. The van der Waals surface area contributed by atoms with Gasteiger partial charge < -0.3 is 33.8 Å². The van der Waals surface area contributed by atoms with E-state index >= 15 is 0 Å². The third-order valence-corrected chi connectivity index (χ3v) is 20.9. The molecule has 0 saturated carbocycles. The number of aliphatic hydroxyl groups is 1. The van der Waals surface area contributed by atoms with Gasteiger partial charge in [-0.3, -0.25) is 37.3 Å². The van der Waals surface area contributed by atoms with Crippen LogP contribution in [0.1, 0.15) is 427 Å². The number of esters is 4. The van der Waals surface area contributed by atoms with Crippen LogP contribution in [0.4, 0.5) is 0 Å². The van der Waals surface area contributed by atoms with Gasteiger partial charge in [0.25, 0.3) is 0 Å². The first-order chi connectivity index (χ1) is 48.4. The number of hydrogen-bond donors (Lipinski definition) is 3. The van der Waals surface area contributed by atoms with Gasteiger partial charge in [-0.1, -0.05) is 375 Å². The lowest BCUT2D eigenvalue weighted by atomic mass is 10.0. The maximum absolute atomic E-state index is 13.1. The first-order valence-electron chi connectivity index (χ1n) is 42.0. The number of aliphatic hydroxyl groups excluding tert-OH is 1. The second kappa shape index (κ2) is 72.6. The minimum absolute atomic E-state index is 0.105. The monoisotopic (exact) mass is 1470 g/mol. The van der Waals surface area contributed by atoms with Crippen LogP contribution in [0.25, 0.3) is 0 Å². The summed E-state index contributed by atoms with van der Waals surface area (Å²) in [5, 5.41) is 10.6. The zero-order chi connectivity index (χ0) is 73.5. The minimum Gasteiger partial charge on any atom is -0.462 e. The summed E-state index contributed by atoms with van der Waals surface area (Å²) in [5.41, 5.74) is 0. The molecule has 594 valence electrons. The summed E-state index contributed by atoms with van der Waals surface area (Å²) < 4.78 is 68.7. The average Bonchev–Trinajstić information content (AvgIpc) is 0.917. The molecule has 0 bridgehead atoms. The summed E-state index contributed by atoms with van der Waals surface area (Å²) >= 11 is 0. The molecule has 0 aromatic rings. The van der Waals surface area contributed by atoms with E-state index in [1.807, 2.05) is 0 Å². The fourth-order valence-corrected chi connectivity index (χ4v) is 14.1. The van der Waals surface area contributed by atoms with Crippen molar-refractivity contribution in [3.05, 3.63) is 0 Å². The predicted molar refractivity (Wildman–Crippen MR) is 409 cm³/mol. The van der Waals surface area contributed by atoms with E-state index in [0.717, 1.165) is 102 Å². The average molecular weight is 1470 g/mol. The molecule has 17 nitrogen and oxygen atoms in total. The van der Waals surface area contributed by atoms with Gasteiger partial charge >= 0.3 is 39.5 Å². The van der Waals surface area contributed by atoms with Crippen molar-refractivity contribution in [1.29, 1.82) is 0 Å². The van der Waals surface area contributed by atoms with E-state index in [2.05, 4.69) is 41.5 Å². The molecule has 19 heteroatoms. The highest BCUT2D eigenvalue weighted by atomic mass is 31.2. The van der Waals surface area contributed by atoms with Gasteiger partial charge in [-0.2, -0.15) is 0 Å². The van der Waals surface area contributed by atoms with Crippen molar-refractivity contribution in [2.75, 3.05) is 39.6 Å². The third kappa shape index (κ3) is 74.3. The zero-order valence-electron chi connectivity index (χ0n) is 65.5. The molecule has 5 atom stereocenters. The Kier molecular flexibility index (Phi) is 71.2. The lowest BCUT2D eigenvalue weighted by molar-refractivity contribution is -0.161. The predicted octanol–water partition coefficient (Wildman–Crippen LogP) is 24.3. The molecule has 0 amide bonds. The van der Waals surface area contributed by atoms with Gasteiger partial charge in [-0.05, 0) is 37.5 Å². The summed E-state index contributed by atoms with van der Waals surface area (Å²) in [6.07, 6.45) is 62.6. The van der Waals surface area contributed by atoms with Crippen LogP contribution in [0.2, 0.25) is 0 Å². The number of phosphoric acid groups is 2. The number of phosphoric ester groups is 2. The number of carbonyl (C=O) groups excluding carboxylic acids is 4. The maximum atomic E-state index is 13.1. The van der Waals surface area contributed by atoms with Crippen LogP contribution in [0, 0.1) is 11.8 Å². The molecule has 0 aliphatic heterocycles. The highest BCUT2D eigenvalue weighted by molar-refractivity contribution is 7.47. The Labute approximate surface area is 613 Å². The first-order valence-corrected chi connectivity index (χ1v) is 45.0. The minimum atomic E-state index is -4.96. The van der Waals surface area contributed by atoms with Gasteiger partial charge in [0, 0.05) is 25.7 Å². The van der Waals surface area contributed by atoms with Gasteiger partial charge in [-0.25, -0.2) is 9.13 Å². The van der Waals surface area contributed by atoms with E-state index in [4.69, 9.17) is 37.0 Å². The number of ether oxygens (including phenoxy) is 4. The van der Waals surface area contributed by atoms with Crippen molar-refractivity contribution in [3.8, 4) is 0 Å². The van der Waals surface area contributed by atoms with Gasteiger partial charge in [0.15, 0.2) is 12.2 Å². The van der Waals surface area contributed by atoms with Crippen molar-refractivity contribution in [2.24, 2.45) is 11.8 Å². The van der Waals surface area contributed by atoms with E-state index in [9.17, 15) is 43.2 Å². The Balaban J connectivity index is 5.23. The summed E-state index contributed by atoms with van der Waals surface area (Å²) in [4.78, 5) is 73.0. The molecule has 2 unspecified atom stereocenters. The standard InChI is InChI=1S/C81H158O17P2/c1-7-9-11-13-15-17-19-21-23-25-26-27-29-31-33-35-39-47-53-59-65-80(85)97-76(69-91-78(83)63-57-51-45-38-34-32-30-28-24-22-20-18-16-14-12-10-8-2)71-95-99(87,88)93-67-75(82)68-94-100(89,90)96-72-77(70-92-79(84)64-58-52-46-42-41-44-50-56-62-74(5)6)98-81(86)66-60-54-48-40-36-37-43-49-55-61-73(3)4/h73-77,82H,7-72H2,1-6H3,(H,87,88)(H,89,90)/t75-,76-,77-/m1/s1. The molecule has 0 aromatic heterocycles. The first kappa shape index (κ1) is 98.1. The Morgan fingerprint density at radius 1 is 0.270 bits per heavy atom. The fourth-order valence-electron chi connectivity index (χ4n) is 12.5. The number of rotatable bonds is 80. The SMILES string of the molecule is CCCCCCCCCCCCCCCCCCCCCCC(=O)O[C@H](COC(=O)CCCCCCCCCCCCCCCCCCC)COP(=O)(O)OC[C@@H](O)COP(=O)(O)OC[C@@H](COC(=O)CCCCCCCCCCC(C)C)OC(=O)CCCCCCCCCCCC(C)C. The van der Waals surface area contributed by atoms with E-state index in [1.54, 1.807) is 0 Å². The van der Waals surface area contributed by atoms with Crippen LogP contribution in [0.5, 0.6) is 0 Å². The van der Waals surface area contributed by atoms with Crippen LogP contribution in [-0.2, 0) is 65.4 Å². The lowest BCUT2D eigenvalue weighted by Crippen LogP contribution is -2.30. The quantitative estimate of drug-likeness (QED) is 0.0222. The van der Waals surface area contributed by atoms with Crippen molar-refractivity contribution < 1.29 is 80.2 Å². The molecule has 100 heavy (non-hydrogen) atoms. The molecule has 0 aliphatic carbocycles. The number of carbonyl (C=O) groups is 4.